The third kappa shape index (κ3) is 3.02. The number of nitrogens with zero attached hydrogens (tertiary/aromatic N) is 5. The van der Waals surface area contributed by atoms with Gasteiger partial charge in [0.15, 0.2) is 0 Å². The molecule has 2 aliphatic rings. The molecule has 2 aromatic rings. The average molecular weight is 331 g/mol. The summed E-state index contributed by atoms with van der Waals surface area (Å²) in [6, 6.07) is 13.1. The molecule has 0 radical (unpaired) electrons. The predicted octanol–water partition coefficient (Wildman–Crippen LogP) is 2.18. The van der Waals surface area contributed by atoms with Gasteiger partial charge in [-0.05, 0) is 36.2 Å². The zero-order valence-corrected chi connectivity index (χ0v) is 13.7. The Morgan fingerprint density at radius 2 is 2.20 bits per heavy atom. The number of carbonyl (C=O) groups is 1. The lowest BCUT2D eigenvalue weighted by Gasteiger charge is -2.29. The van der Waals surface area contributed by atoms with Crippen LogP contribution in [-0.2, 0) is 11.3 Å². The van der Waals surface area contributed by atoms with E-state index in [9.17, 15) is 4.79 Å². The number of pyridine rings is 1. The summed E-state index contributed by atoms with van der Waals surface area (Å²) in [4.78, 5) is 19.1. The minimum absolute atomic E-state index is 0.00566. The molecule has 0 aliphatic carbocycles. The summed E-state index contributed by atoms with van der Waals surface area (Å²) in [5.74, 6) is -0.137. The van der Waals surface area contributed by atoms with Gasteiger partial charge >= 0.3 is 0 Å². The number of piperidine rings is 1. The van der Waals surface area contributed by atoms with E-state index < -0.39 is 0 Å². The van der Waals surface area contributed by atoms with Crippen LogP contribution in [0.5, 0.6) is 0 Å². The van der Waals surface area contributed by atoms with Crippen molar-refractivity contribution < 1.29 is 4.79 Å². The molecule has 1 aromatic carbocycles. The summed E-state index contributed by atoms with van der Waals surface area (Å²) in [6.07, 6.45) is 4.41. The molecule has 25 heavy (non-hydrogen) atoms. The molecule has 1 amide bonds. The van der Waals surface area contributed by atoms with Crippen LogP contribution < -0.4 is 5.01 Å². The summed E-state index contributed by atoms with van der Waals surface area (Å²) in [5, 5.41) is 15.1. The summed E-state index contributed by atoms with van der Waals surface area (Å²) in [7, 11) is 0. The highest BCUT2D eigenvalue weighted by Crippen LogP contribution is 2.29. The SMILES string of the molecule is N#Cc1cccc(N2N=C3CN(Cc4cccnc4)CCC3C2=O)c1. The molecule has 1 fully saturated rings. The number of amides is 1. The van der Waals surface area contributed by atoms with Crippen molar-refractivity contribution >= 4 is 17.3 Å². The third-order valence-electron chi connectivity index (χ3n) is 4.61. The van der Waals surface area contributed by atoms with Crippen molar-refractivity contribution in [3.63, 3.8) is 0 Å². The minimum atomic E-state index is -0.143. The molecule has 0 saturated carbocycles. The molecule has 0 spiro atoms. The Balaban J connectivity index is 1.53. The van der Waals surface area contributed by atoms with E-state index in [0.717, 1.165) is 30.8 Å². The zero-order chi connectivity index (χ0) is 17.2. The summed E-state index contributed by atoms with van der Waals surface area (Å²) in [6.45, 7) is 2.34. The quantitative estimate of drug-likeness (QED) is 0.864. The van der Waals surface area contributed by atoms with Crippen molar-refractivity contribution in [2.75, 3.05) is 18.1 Å². The lowest BCUT2D eigenvalue weighted by atomic mass is 9.94. The van der Waals surface area contributed by atoms with Crippen molar-refractivity contribution in [3.05, 3.63) is 59.9 Å². The lowest BCUT2D eigenvalue weighted by Crippen LogP contribution is -2.41. The topological polar surface area (TPSA) is 72.6 Å². The van der Waals surface area contributed by atoms with Crippen LogP contribution in [0, 0.1) is 17.2 Å². The third-order valence-corrected chi connectivity index (χ3v) is 4.61. The van der Waals surface area contributed by atoms with Gasteiger partial charge < -0.3 is 0 Å². The van der Waals surface area contributed by atoms with Gasteiger partial charge in [-0.25, -0.2) is 5.01 Å². The van der Waals surface area contributed by atoms with Crippen LogP contribution in [0.25, 0.3) is 0 Å². The van der Waals surface area contributed by atoms with E-state index in [1.165, 1.54) is 5.01 Å². The first-order chi connectivity index (χ1) is 12.2. The lowest BCUT2D eigenvalue weighted by molar-refractivity contribution is -0.120. The van der Waals surface area contributed by atoms with Gasteiger partial charge in [-0.2, -0.15) is 10.4 Å². The van der Waals surface area contributed by atoms with E-state index >= 15 is 0 Å². The van der Waals surface area contributed by atoms with Crippen molar-refractivity contribution in [1.29, 1.82) is 5.26 Å². The molecule has 1 aromatic heterocycles. The summed E-state index contributed by atoms with van der Waals surface area (Å²) < 4.78 is 0. The second kappa shape index (κ2) is 6.46. The second-order valence-electron chi connectivity index (χ2n) is 6.32. The molecule has 1 atom stereocenters. The minimum Gasteiger partial charge on any atom is -0.293 e. The van der Waals surface area contributed by atoms with Crippen LogP contribution in [0.15, 0.2) is 53.9 Å². The molecule has 124 valence electrons. The smallest absolute Gasteiger partial charge is 0.256 e. The number of benzene rings is 1. The van der Waals surface area contributed by atoms with Crippen LogP contribution in [-0.4, -0.2) is 34.6 Å². The molecule has 0 bridgehead atoms. The molecule has 1 unspecified atom stereocenters. The average Bonchev–Trinajstić information content (AvgIpc) is 2.99. The molecule has 2 aliphatic heterocycles. The standard InChI is InChI=1S/C19H17N5O/c20-10-14-3-1-5-16(9-14)24-19(25)17-6-8-23(13-18(17)22-24)12-15-4-2-7-21-11-15/h1-5,7,9,11,17H,6,8,12-13H2. The maximum absolute atomic E-state index is 12.7. The van der Waals surface area contributed by atoms with E-state index in [1.54, 1.807) is 24.4 Å². The Bertz CT molecular complexity index is 871. The maximum Gasteiger partial charge on any atom is 0.256 e. The van der Waals surface area contributed by atoms with Crippen LogP contribution in [0.4, 0.5) is 5.69 Å². The van der Waals surface area contributed by atoms with Crippen LogP contribution in [0.3, 0.4) is 0 Å². The Morgan fingerprint density at radius 3 is 3.00 bits per heavy atom. The van der Waals surface area contributed by atoms with Crippen molar-refractivity contribution in [3.8, 4) is 6.07 Å². The first-order valence-electron chi connectivity index (χ1n) is 8.27. The number of carbonyl (C=O) groups excluding carboxylic acids is 1. The summed E-state index contributed by atoms with van der Waals surface area (Å²) >= 11 is 0. The monoisotopic (exact) mass is 331 g/mol. The zero-order valence-electron chi connectivity index (χ0n) is 13.7. The highest BCUT2D eigenvalue weighted by molar-refractivity contribution is 6.16. The second-order valence-corrected chi connectivity index (χ2v) is 6.32. The van der Waals surface area contributed by atoms with E-state index in [-0.39, 0.29) is 11.8 Å². The van der Waals surface area contributed by atoms with Gasteiger partial charge in [0.1, 0.15) is 0 Å². The fourth-order valence-electron chi connectivity index (χ4n) is 3.37. The van der Waals surface area contributed by atoms with Gasteiger partial charge in [0.05, 0.1) is 28.9 Å². The molecule has 6 heteroatoms. The van der Waals surface area contributed by atoms with Gasteiger partial charge in [0.25, 0.3) is 5.91 Å². The van der Waals surface area contributed by atoms with Gasteiger partial charge in [-0.15, -0.1) is 0 Å². The van der Waals surface area contributed by atoms with Crippen LogP contribution >= 0.6 is 0 Å². The number of hydrogen-bond donors (Lipinski definition) is 0. The molecule has 4 rings (SSSR count). The number of nitriles is 1. The van der Waals surface area contributed by atoms with Gasteiger partial charge in [0.2, 0.25) is 0 Å². The van der Waals surface area contributed by atoms with E-state index in [4.69, 9.17) is 5.26 Å². The Kier molecular flexibility index (Phi) is 4.00. The summed E-state index contributed by atoms with van der Waals surface area (Å²) in [5.41, 5.74) is 3.25. The molecule has 3 heterocycles. The van der Waals surface area contributed by atoms with Gasteiger partial charge in [-0.1, -0.05) is 12.1 Å². The number of hydrazone groups is 1. The molecule has 0 N–H and O–H groups in total. The first kappa shape index (κ1) is 15.5. The predicted molar refractivity (Wildman–Crippen MR) is 93.7 cm³/mol. The molecular weight excluding hydrogens is 314 g/mol. The molecule has 6 nitrogen and oxygen atoms in total. The number of rotatable bonds is 3. The molecule has 1 saturated heterocycles. The number of anilines is 1. The number of aromatic nitrogens is 1. The Labute approximate surface area is 146 Å². The Morgan fingerprint density at radius 1 is 1.28 bits per heavy atom. The fraction of sp³-hybridized carbons (Fsp3) is 0.263. The van der Waals surface area contributed by atoms with Gasteiger partial charge in [-0.3, -0.25) is 14.7 Å². The van der Waals surface area contributed by atoms with Crippen molar-refractivity contribution in [2.24, 2.45) is 11.0 Å². The Hall–Kier alpha value is -3.04. The maximum atomic E-state index is 12.7. The largest absolute Gasteiger partial charge is 0.293 e. The normalized spacial score (nSPS) is 20.1. The van der Waals surface area contributed by atoms with Crippen molar-refractivity contribution in [1.82, 2.24) is 9.88 Å². The van der Waals surface area contributed by atoms with E-state index in [2.05, 4.69) is 27.1 Å². The van der Waals surface area contributed by atoms with Crippen LogP contribution in [0.2, 0.25) is 0 Å². The highest BCUT2D eigenvalue weighted by atomic mass is 16.2. The fourth-order valence-corrected chi connectivity index (χ4v) is 3.37. The van der Waals surface area contributed by atoms with Crippen molar-refractivity contribution in [2.45, 2.75) is 13.0 Å². The molecular formula is C19H17N5O. The first-order valence-corrected chi connectivity index (χ1v) is 8.27. The number of likely N-dealkylation sites (tertiary alicyclic amines) is 1. The highest BCUT2D eigenvalue weighted by Gasteiger charge is 2.39. The van der Waals surface area contributed by atoms with E-state index in [0.29, 0.717) is 17.8 Å². The van der Waals surface area contributed by atoms with Gasteiger partial charge in [0, 0.05) is 32.0 Å². The van der Waals surface area contributed by atoms with Crippen LogP contribution in [0.1, 0.15) is 17.5 Å². The number of hydrogen-bond acceptors (Lipinski definition) is 5. The van der Waals surface area contributed by atoms with E-state index in [1.807, 2.05) is 18.3 Å². The number of fused-ring (bicyclic) bond motifs is 1.